The Labute approximate surface area is 137 Å². The summed E-state index contributed by atoms with van der Waals surface area (Å²) in [6.45, 7) is 5.28. The predicted octanol–water partition coefficient (Wildman–Crippen LogP) is 2.37. The predicted molar refractivity (Wildman–Crippen MR) is 90.1 cm³/mol. The molecule has 1 atom stereocenters. The summed E-state index contributed by atoms with van der Waals surface area (Å²) < 4.78 is 12.7. The third-order valence-corrected chi connectivity index (χ3v) is 4.22. The fourth-order valence-corrected chi connectivity index (χ4v) is 3.01. The molecule has 3 rings (SSSR count). The van der Waals surface area contributed by atoms with Crippen molar-refractivity contribution in [1.82, 2.24) is 15.1 Å². The molecule has 6 nitrogen and oxygen atoms in total. The smallest absolute Gasteiger partial charge is 0.231 e. The van der Waals surface area contributed by atoms with E-state index in [-0.39, 0.29) is 6.04 Å². The average molecular weight is 316 g/mol. The van der Waals surface area contributed by atoms with E-state index in [1.807, 2.05) is 38.0 Å². The van der Waals surface area contributed by atoms with Gasteiger partial charge < -0.3 is 19.7 Å². The van der Waals surface area contributed by atoms with Crippen molar-refractivity contribution in [3.8, 4) is 11.5 Å². The lowest BCUT2D eigenvalue weighted by Gasteiger charge is -2.18. The quantitative estimate of drug-likeness (QED) is 0.918. The Morgan fingerprint density at radius 2 is 2.04 bits per heavy atom. The molecule has 0 fully saturated rings. The van der Waals surface area contributed by atoms with Crippen molar-refractivity contribution < 1.29 is 9.47 Å². The molecule has 0 saturated heterocycles. The highest BCUT2D eigenvalue weighted by Gasteiger charge is 2.18. The van der Waals surface area contributed by atoms with Crippen molar-refractivity contribution >= 4 is 5.82 Å². The van der Waals surface area contributed by atoms with E-state index >= 15 is 0 Å². The molecule has 0 aliphatic carbocycles. The van der Waals surface area contributed by atoms with Crippen LogP contribution >= 0.6 is 0 Å². The number of ether oxygens (including phenoxy) is 2. The van der Waals surface area contributed by atoms with Crippen LogP contribution in [-0.2, 0) is 13.6 Å². The van der Waals surface area contributed by atoms with Crippen molar-refractivity contribution in [2.24, 2.45) is 7.05 Å². The first-order valence-corrected chi connectivity index (χ1v) is 7.80. The molecule has 6 heteroatoms. The fraction of sp³-hybridized carbons (Fsp3) is 0.471. The molecule has 1 aromatic heterocycles. The van der Waals surface area contributed by atoms with Crippen LogP contribution in [0.3, 0.4) is 0 Å². The van der Waals surface area contributed by atoms with Gasteiger partial charge in [-0.2, -0.15) is 5.10 Å². The minimum Gasteiger partial charge on any atom is -0.454 e. The van der Waals surface area contributed by atoms with Crippen molar-refractivity contribution in [2.45, 2.75) is 26.4 Å². The molecule has 1 N–H and O–H groups in total. The van der Waals surface area contributed by atoms with Crippen LogP contribution in [0, 0.1) is 6.92 Å². The van der Waals surface area contributed by atoms with Gasteiger partial charge in [0.1, 0.15) is 5.82 Å². The molecule has 1 aliphatic rings. The Kier molecular flexibility index (Phi) is 4.17. The third-order valence-electron chi connectivity index (χ3n) is 4.22. The summed E-state index contributed by atoms with van der Waals surface area (Å²) in [6, 6.07) is 6.30. The first-order chi connectivity index (χ1) is 11.0. The lowest BCUT2D eigenvalue weighted by Crippen LogP contribution is -2.21. The van der Waals surface area contributed by atoms with Crippen molar-refractivity contribution in [2.75, 3.05) is 25.8 Å². The van der Waals surface area contributed by atoms with Gasteiger partial charge in [0.05, 0.1) is 5.69 Å². The van der Waals surface area contributed by atoms with Crippen LogP contribution in [-0.4, -0.2) is 30.7 Å². The first kappa shape index (κ1) is 15.7. The van der Waals surface area contributed by atoms with E-state index < -0.39 is 0 Å². The largest absolute Gasteiger partial charge is 0.454 e. The van der Waals surface area contributed by atoms with E-state index in [1.54, 1.807) is 0 Å². The van der Waals surface area contributed by atoms with E-state index in [4.69, 9.17) is 9.47 Å². The monoisotopic (exact) mass is 316 g/mol. The van der Waals surface area contributed by atoms with E-state index in [9.17, 15) is 0 Å². The molecule has 0 unspecified atom stereocenters. The molecule has 2 aromatic rings. The maximum Gasteiger partial charge on any atom is 0.231 e. The SMILES string of the molecule is Cc1nn(C)c(N(C)C)c1CN[C@@H](C)c1ccc2c(c1)OCO2. The second-order valence-corrected chi connectivity index (χ2v) is 6.12. The van der Waals surface area contributed by atoms with Gasteiger partial charge in [-0.1, -0.05) is 6.07 Å². The number of hydrogen-bond donors (Lipinski definition) is 1. The second-order valence-electron chi connectivity index (χ2n) is 6.12. The standard InChI is InChI=1S/C17H24N4O2/c1-11(13-6-7-15-16(8-13)23-10-22-15)18-9-14-12(2)19-21(5)17(14)20(3)4/h6-8,11,18H,9-10H2,1-5H3/t11-/m0/s1. The van der Waals surface area contributed by atoms with E-state index in [1.165, 1.54) is 11.1 Å². The first-order valence-electron chi connectivity index (χ1n) is 7.80. The molecular formula is C17H24N4O2. The minimum atomic E-state index is 0.208. The number of fused-ring (bicyclic) bond motifs is 1. The third kappa shape index (κ3) is 2.99. The lowest BCUT2D eigenvalue weighted by molar-refractivity contribution is 0.174. The number of aryl methyl sites for hydroxylation is 2. The number of aromatic nitrogens is 2. The summed E-state index contributed by atoms with van der Waals surface area (Å²) in [6.07, 6.45) is 0. The van der Waals surface area contributed by atoms with Gasteiger partial charge in [-0.3, -0.25) is 4.68 Å². The van der Waals surface area contributed by atoms with Gasteiger partial charge in [0, 0.05) is 39.3 Å². The second kappa shape index (κ2) is 6.12. The molecule has 1 aliphatic heterocycles. The lowest BCUT2D eigenvalue weighted by atomic mass is 10.1. The number of benzene rings is 1. The van der Waals surface area contributed by atoms with Crippen LogP contribution in [0.15, 0.2) is 18.2 Å². The maximum atomic E-state index is 5.46. The zero-order valence-electron chi connectivity index (χ0n) is 14.4. The van der Waals surface area contributed by atoms with Crippen LogP contribution in [0.2, 0.25) is 0 Å². The molecule has 2 heterocycles. The summed E-state index contributed by atoms with van der Waals surface area (Å²) in [5.74, 6) is 2.77. The molecular weight excluding hydrogens is 292 g/mol. The summed E-state index contributed by atoms with van der Waals surface area (Å²) >= 11 is 0. The average Bonchev–Trinajstić information content (AvgIpc) is 3.07. The molecule has 0 spiro atoms. The van der Waals surface area contributed by atoms with Crippen molar-refractivity contribution in [3.05, 3.63) is 35.0 Å². The van der Waals surface area contributed by atoms with E-state index in [2.05, 4.69) is 35.2 Å². The number of anilines is 1. The van der Waals surface area contributed by atoms with Crippen LogP contribution in [0.25, 0.3) is 0 Å². The van der Waals surface area contributed by atoms with Crippen LogP contribution < -0.4 is 19.7 Å². The molecule has 0 bridgehead atoms. The fourth-order valence-electron chi connectivity index (χ4n) is 3.01. The van der Waals surface area contributed by atoms with E-state index in [0.29, 0.717) is 6.79 Å². The summed E-state index contributed by atoms with van der Waals surface area (Å²) in [4.78, 5) is 2.10. The number of nitrogens with zero attached hydrogens (tertiary/aromatic N) is 3. The highest BCUT2D eigenvalue weighted by atomic mass is 16.7. The van der Waals surface area contributed by atoms with Crippen LogP contribution in [0.4, 0.5) is 5.82 Å². The normalized spacial score (nSPS) is 14.1. The molecule has 0 radical (unpaired) electrons. The summed E-state index contributed by atoms with van der Waals surface area (Å²) in [5, 5.41) is 8.11. The summed E-state index contributed by atoms with van der Waals surface area (Å²) in [5.41, 5.74) is 3.47. The Morgan fingerprint density at radius 1 is 1.30 bits per heavy atom. The molecule has 23 heavy (non-hydrogen) atoms. The van der Waals surface area contributed by atoms with Crippen LogP contribution in [0.5, 0.6) is 11.5 Å². The van der Waals surface area contributed by atoms with Gasteiger partial charge in [0.2, 0.25) is 6.79 Å². The van der Waals surface area contributed by atoms with Gasteiger partial charge >= 0.3 is 0 Å². The van der Waals surface area contributed by atoms with Crippen LogP contribution in [0.1, 0.15) is 29.8 Å². The highest BCUT2D eigenvalue weighted by molar-refractivity contribution is 5.49. The Balaban J connectivity index is 1.73. The number of rotatable bonds is 5. The molecule has 124 valence electrons. The maximum absolute atomic E-state index is 5.46. The van der Waals surface area contributed by atoms with Gasteiger partial charge in [0.25, 0.3) is 0 Å². The Morgan fingerprint density at radius 3 is 2.78 bits per heavy atom. The zero-order valence-corrected chi connectivity index (χ0v) is 14.4. The summed E-state index contributed by atoms with van der Waals surface area (Å²) in [7, 11) is 6.07. The Bertz CT molecular complexity index is 709. The Hall–Kier alpha value is -2.21. The molecule has 0 amide bonds. The van der Waals surface area contributed by atoms with Crippen molar-refractivity contribution in [1.29, 1.82) is 0 Å². The zero-order chi connectivity index (χ0) is 16.6. The number of nitrogens with one attached hydrogen (secondary N) is 1. The van der Waals surface area contributed by atoms with Gasteiger partial charge in [-0.15, -0.1) is 0 Å². The van der Waals surface area contributed by atoms with Gasteiger partial charge in [-0.05, 0) is 31.5 Å². The van der Waals surface area contributed by atoms with Gasteiger partial charge in [0.15, 0.2) is 11.5 Å². The van der Waals surface area contributed by atoms with Gasteiger partial charge in [-0.25, -0.2) is 0 Å². The van der Waals surface area contributed by atoms with E-state index in [0.717, 1.165) is 29.6 Å². The van der Waals surface area contributed by atoms with Crippen molar-refractivity contribution in [3.63, 3.8) is 0 Å². The minimum absolute atomic E-state index is 0.208. The molecule has 0 saturated carbocycles. The number of hydrogen-bond acceptors (Lipinski definition) is 5. The highest BCUT2D eigenvalue weighted by Crippen LogP contribution is 2.34. The molecule has 1 aromatic carbocycles. The topological polar surface area (TPSA) is 51.6 Å².